The van der Waals surface area contributed by atoms with Crippen molar-refractivity contribution in [1.29, 1.82) is 0 Å². The molecule has 0 radical (unpaired) electrons. The van der Waals surface area contributed by atoms with E-state index in [9.17, 15) is 9.59 Å². The van der Waals surface area contributed by atoms with E-state index >= 15 is 0 Å². The van der Waals surface area contributed by atoms with Crippen molar-refractivity contribution >= 4 is 34.8 Å². The van der Waals surface area contributed by atoms with Gasteiger partial charge in [0.25, 0.3) is 0 Å². The fourth-order valence-electron chi connectivity index (χ4n) is 5.53. The summed E-state index contributed by atoms with van der Waals surface area (Å²) in [6.07, 6.45) is 2.81. The Morgan fingerprint density at radius 1 is 1.22 bits per heavy atom. The zero-order valence-corrected chi connectivity index (χ0v) is 21.6. The highest BCUT2D eigenvalue weighted by Gasteiger charge is 2.63. The molecule has 0 bridgehead atoms. The topological polar surface area (TPSA) is 66.7 Å². The Morgan fingerprint density at radius 3 is 2.66 bits per heavy atom. The predicted molar refractivity (Wildman–Crippen MR) is 119 cm³/mol. The van der Waals surface area contributed by atoms with Crippen LogP contribution in [0, 0.1) is 11.8 Å². The van der Waals surface area contributed by atoms with Crippen LogP contribution in [0.2, 0.25) is 4.34 Å². The van der Waals surface area contributed by atoms with Crippen molar-refractivity contribution < 1.29 is 35.6 Å². The molecule has 3 fully saturated rings. The van der Waals surface area contributed by atoms with E-state index in [2.05, 4.69) is 31.2 Å². The van der Waals surface area contributed by atoms with Gasteiger partial charge in [0.2, 0.25) is 11.8 Å². The molecule has 3 saturated heterocycles. The van der Waals surface area contributed by atoms with E-state index in [1.54, 1.807) is 0 Å². The quantitative estimate of drug-likeness (QED) is 0.387. The van der Waals surface area contributed by atoms with Crippen LogP contribution in [-0.2, 0) is 9.59 Å². The lowest BCUT2D eigenvalue weighted by atomic mass is 9.86. The molecule has 0 aromatic carbocycles. The number of carbonyl (C=O) groups is 2. The molecule has 3 aliphatic heterocycles. The van der Waals surface area contributed by atoms with Gasteiger partial charge in [0.15, 0.2) is 5.76 Å². The van der Waals surface area contributed by atoms with Gasteiger partial charge in [-0.05, 0) is 31.5 Å². The molecule has 2 aromatic heterocycles. The lowest BCUT2D eigenvalue weighted by Crippen LogP contribution is -3.00. The van der Waals surface area contributed by atoms with Gasteiger partial charge >= 0.3 is 0 Å². The summed E-state index contributed by atoms with van der Waals surface area (Å²) in [4.78, 5) is 31.5. The van der Waals surface area contributed by atoms with Crippen LogP contribution in [0.5, 0.6) is 0 Å². The van der Waals surface area contributed by atoms with Crippen LogP contribution in [0.15, 0.2) is 22.7 Å². The number of nitrogens with zero attached hydrogens (tertiary/aromatic N) is 4. The number of fused-ring (bicyclic) bond motifs is 3. The highest BCUT2D eigenvalue weighted by Crippen LogP contribution is 2.53. The fraction of sp³-hybridized carbons (Fsp3) is 0.591. The first-order valence-electron chi connectivity index (χ1n) is 10.9. The van der Waals surface area contributed by atoms with Crippen LogP contribution in [0.3, 0.4) is 0 Å². The molecule has 5 heterocycles. The second kappa shape index (κ2) is 8.83. The number of quaternary nitrogens is 1. The van der Waals surface area contributed by atoms with E-state index < -0.39 is 0 Å². The van der Waals surface area contributed by atoms with Crippen LogP contribution in [0.1, 0.15) is 31.0 Å². The smallest absolute Gasteiger partial charge is 0.235 e. The average molecular weight is 544 g/mol. The third-order valence-electron chi connectivity index (χ3n) is 6.80. The van der Waals surface area contributed by atoms with Gasteiger partial charge in [-0.15, -0.1) is 11.3 Å². The van der Waals surface area contributed by atoms with Gasteiger partial charge in [-0.25, -0.2) is 0 Å². The van der Waals surface area contributed by atoms with Crippen molar-refractivity contribution in [3.05, 3.63) is 28.2 Å². The third kappa shape index (κ3) is 4.07. The fourth-order valence-corrected chi connectivity index (χ4v) is 6.52. The summed E-state index contributed by atoms with van der Waals surface area (Å²) in [7, 11) is 6.37. The van der Waals surface area contributed by atoms with Crippen molar-refractivity contribution in [2.45, 2.75) is 31.3 Å². The third-order valence-corrected chi connectivity index (χ3v) is 8.05. The molecule has 0 saturated carbocycles. The van der Waals surface area contributed by atoms with E-state index in [4.69, 9.17) is 16.1 Å². The molecule has 32 heavy (non-hydrogen) atoms. The first-order valence-corrected chi connectivity index (χ1v) is 12.1. The van der Waals surface area contributed by atoms with E-state index in [-0.39, 0.29) is 52.7 Å². The summed E-state index contributed by atoms with van der Waals surface area (Å²) in [5.41, 5.74) is 0.744. The van der Waals surface area contributed by atoms with Crippen molar-refractivity contribution in [2.75, 3.05) is 40.8 Å². The summed E-state index contributed by atoms with van der Waals surface area (Å²) >= 11 is 7.51. The maximum Gasteiger partial charge on any atom is 0.235 e. The molecular formula is C22H28BrClN4O3S. The number of carbonyl (C=O) groups excluding carboxylic acids is 2. The van der Waals surface area contributed by atoms with Crippen molar-refractivity contribution in [1.82, 2.24) is 15.0 Å². The molecule has 3 aliphatic rings. The van der Waals surface area contributed by atoms with Gasteiger partial charge in [0.05, 0.1) is 54.8 Å². The Bertz CT molecular complexity index is 1020. The minimum atomic E-state index is -0.369. The van der Waals surface area contributed by atoms with Gasteiger partial charge in [-0.1, -0.05) is 16.8 Å². The summed E-state index contributed by atoms with van der Waals surface area (Å²) in [5.74, 6) is -0.0148. The number of hydrogen-bond donors (Lipinski definition) is 0. The number of rotatable bonds is 6. The molecule has 0 unspecified atom stereocenters. The predicted octanol–water partition coefficient (Wildman–Crippen LogP) is 0.277. The number of thiophene rings is 1. The van der Waals surface area contributed by atoms with Crippen LogP contribution in [0.25, 0.3) is 10.6 Å². The van der Waals surface area contributed by atoms with Gasteiger partial charge in [0.1, 0.15) is 5.69 Å². The highest BCUT2D eigenvalue weighted by atomic mass is 79.9. The van der Waals surface area contributed by atoms with Crippen molar-refractivity contribution in [2.24, 2.45) is 11.8 Å². The van der Waals surface area contributed by atoms with Crippen LogP contribution in [-0.4, -0.2) is 78.1 Å². The number of amides is 2. The van der Waals surface area contributed by atoms with Crippen molar-refractivity contribution in [3.8, 4) is 10.6 Å². The molecular weight excluding hydrogens is 516 g/mol. The highest BCUT2D eigenvalue weighted by molar-refractivity contribution is 7.19. The zero-order chi connectivity index (χ0) is 21.9. The van der Waals surface area contributed by atoms with E-state index in [0.717, 1.165) is 47.4 Å². The first kappa shape index (κ1) is 23.9. The minimum Gasteiger partial charge on any atom is -1.00 e. The summed E-state index contributed by atoms with van der Waals surface area (Å²) in [6.45, 7) is 2.30. The van der Waals surface area contributed by atoms with Gasteiger partial charge < -0.3 is 26.0 Å². The molecule has 2 aromatic rings. The number of aromatic nitrogens is 1. The first-order chi connectivity index (χ1) is 14.7. The van der Waals surface area contributed by atoms with Gasteiger partial charge in [0, 0.05) is 25.1 Å². The van der Waals surface area contributed by atoms with E-state index in [0.29, 0.717) is 16.6 Å². The van der Waals surface area contributed by atoms with Crippen LogP contribution < -0.4 is 17.0 Å². The SMILES string of the molecule is C[N+](C)(C)CCCN1C(=O)[C@@H]2[C@H](C1=O)[C@H](c1cc(-c3ccc(Cl)s3)on1)N1CCC[C@@H]21.[Br-]. The molecule has 10 heteroatoms. The monoisotopic (exact) mass is 542 g/mol. The maximum absolute atomic E-state index is 13.4. The standard InChI is InChI=1S/C22H28ClN4O3S.BrH/c1-27(2,3)11-5-10-26-21(28)18-14-6-4-9-25(14)20(19(18)22(26)29)13-12-15(30-24-13)16-7-8-17(23)31-16;/h7-8,12,14,18-20H,4-6,9-11H2,1-3H3;1H/q+1;/p-1/t14-,18-,19-,20-;/m0./s1. The lowest BCUT2D eigenvalue weighted by molar-refractivity contribution is -0.870. The molecule has 2 amide bonds. The van der Waals surface area contributed by atoms with Gasteiger partial charge in [-0.2, -0.15) is 0 Å². The molecule has 5 rings (SSSR count). The Hall–Kier alpha value is -1.26. The second-order valence-electron chi connectivity index (χ2n) is 9.86. The lowest BCUT2D eigenvalue weighted by Gasteiger charge is -2.28. The number of hydrogen-bond acceptors (Lipinski definition) is 6. The van der Waals surface area contributed by atoms with E-state index in [1.165, 1.54) is 16.2 Å². The summed E-state index contributed by atoms with van der Waals surface area (Å²) in [5, 5.41) is 4.35. The summed E-state index contributed by atoms with van der Waals surface area (Å²) in [6, 6.07) is 5.57. The Balaban J connectivity index is 0.00000245. The maximum atomic E-state index is 13.4. The van der Waals surface area contributed by atoms with Gasteiger partial charge in [-0.3, -0.25) is 19.4 Å². The second-order valence-corrected chi connectivity index (χ2v) is 11.6. The average Bonchev–Trinajstić information content (AvgIpc) is 3.47. The van der Waals surface area contributed by atoms with Crippen LogP contribution in [0.4, 0.5) is 0 Å². The molecule has 7 nitrogen and oxygen atoms in total. The van der Waals surface area contributed by atoms with E-state index in [1.807, 2.05) is 18.2 Å². The normalized spacial score (nSPS) is 27.7. The number of imide groups is 1. The summed E-state index contributed by atoms with van der Waals surface area (Å²) < 4.78 is 7.13. The largest absolute Gasteiger partial charge is 1.00 e. The molecule has 0 aliphatic carbocycles. The Morgan fingerprint density at radius 2 is 1.97 bits per heavy atom. The Kier molecular flexibility index (Phi) is 6.59. The molecule has 0 N–H and O–H groups in total. The Labute approximate surface area is 207 Å². The molecule has 4 atom stereocenters. The zero-order valence-electron chi connectivity index (χ0n) is 18.5. The molecule has 174 valence electrons. The number of likely N-dealkylation sites (tertiary alicyclic amines) is 1. The van der Waals surface area contributed by atoms with Crippen molar-refractivity contribution in [3.63, 3.8) is 0 Å². The molecule has 0 spiro atoms. The number of halogens is 2. The minimum absolute atomic E-state index is 0. The van der Waals surface area contributed by atoms with Crippen LogP contribution >= 0.6 is 22.9 Å².